The molecule has 6 heteroatoms. The molecule has 3 fully saturated rings. The number of carboxylic acids is 1. The Morgan fingerprint density at radius 3 is 2.35 bits per heavy atom. The number of likely N-dealkylation sites (tertiary alicyclic amines) is 1. The molecular weight excluding hydrogens is 371 g/mol. The van der Waals surface area contributed by atoms with Gasteiger partial charge in [-0.3, -0.25) is 9.69 Å². The number of aliphatic carboxylic acids is 1. The van der Waals surface area contributed by atoms with Gasteiger partial charge in [0.05, 0.1) is 6.42 Å². The summed E-state index contributed by atoms with van der Waals surface area (Å²) in [7, 11) is 0. The third-order valence-electron chi connectivity index (χ3n) is 6.40. The lowest BCUT2D eigenvalue weighted by atomic mass is 9.72. The van der Waals surface area contributed by atoms with Gasteiger partial charge in [0.2, 0.25) is 0 Å². The van der Waals surface area contributed by atoms with E-state index in [-0.39, 0.29) is 30.4 Å². The first-order valence-corrected chi connectivity index (χ1v) is 9.44. The fourth-order valence-electron chi connectivity index (χ4n) is 4.74. The lowest BCUT2D eigenvalue weighted by Gasteiger charge is -2.52. The van der Waals surface area contributed by atoms with E-state index in [0.29, 0.717) is 24.4 Å². The molecule has 0 amide bonds. The summed E-state index contributed by atoms with van der Waals surface area (Å²) >= 11 is 0. The Labute approximate surface area is 168 Å². The first-order chi connectivity index (χ1) is 11.7. The van der Waals surface area contributed by atoms with Crippen molar-refractivity contribution in [3.8, 4) is 0 Å². The van der Waals surface area contributed by atoms with Gasteiger partial charge in [0.1, 0.15) is 0 Å². The molecule has 0 aromatic heterocycles. The fourth-order valence-corrected chi connectivity index (χ4v) is 4.74. The van der Waals surface area contributed by atoms with Crippen molar-refractivity contribution >= 4 is 30.8 Å². The van der Waals surface area contributed by atoms with Crippen molar-refractivity contribution in [1.29, 1.82) is 0 Å². The predicted octanol–water partition coefficient (Wildman–Crippen LogP) is 3.84. The highest BCUT2D eigenvalue weighted by Crippen LogP contribution is 2.43. The van der Waals surface area contributed by atoms with Crippen molar-refractivity contribution in [2.75, 3.05) is 13.1 Å². The molecule has 2 aliphatic carbocycles. The van der Waals surface area contributed by atoms with Crippen molar-refractivity contribution in [1.82, 2.24) is 10.2 Å². The molecule has 1 heterocycles. The highest BCUT2D eigenvalue weighted by atomic mass is 35.5. The van der Waals surface area contributed by atoms with Crippen molar-refractivity contribution in [3.05, 3.63) is 35.9 Å². The van der Waals surface area contributed by atoms with Gasteiger partial charge in [0.15, 0.2) is 0 Å². The normalized spacial score (nSPS) is 27.5. The number of hydrogen-bond donors (Lipinski definition) is 2. The van der Waals surface area contributed by atoms with Crippen LogP contribution in [-0.4, -0.2) is 46.7 Å². The van der Waals surface area contributed by atoms with E-state index in [1.807, 2.05) is 0 Å². The van der Waals surface area contributed by atoms with Gasteiger partial charge < -0.3 is 10.4 Å². The standard InChI is InChI=1S/C20H28N2O2.2ClH/c23-19(24)14-20(9-4-10-20)22-11-7-16(8-12-22)21-18-13-17(18)15-5-2-1-3-6-15;;/h1-3,5-6,16-18,21H,4,7-14H2,(H,23,24);2*1H/t17-,18+;;/m0../s1. The number of nitrogens with zero attached hydrogens (tertiary/aromatic N) is 1. The van der Waals surface area contributed by atoms with Gasteiger partial charge in [0.25, 0.3) is 0 Å². The van der Waals surface area contributed by atoms with Crippen LogP contribution in [0.25, 0.3) is 0 Å². The third kappa shape index (κ3) is 4.53. The van der Waals surface area contributed by atoms with Gasteiger partial charge in [-0.05, 0) is 44.1 Å². The number of carboxylic acid groups (broad SMARTS) is 1. The second-order valence-electron chi connectivity index (χ2n) is 7.94. The topological polar surface area (TPSA) is 52.6 Å². The minimum Gasteiger partial charge on any atom is -0.481 e. The van der Waals surface area contributed by atoms with Crippen LogP contribution >= 0.6 is 24.8 Å². The van der Waals surface area contributed by atoms with E-state index in [9.17, 15) is 9.90 Å². The number of carbonyl (C=O) groups is 1. The van der Waals surface area contributed by atoms with Gasteiger partial charge in [-0.1, -0.05) is 30.3 Å². The van der Waals surface area contributed by atoms with Gasteiger partial charge >= 0.3 is 5.97 Å². The molecule has 0 radical (unpaired) electrons. The summed E-state index contributed by atoms with van der Waals surface area (Å²) in [5, 5.41) is 13.1. The Morgan fingerprint density at radius 1 is 1.15 bits per heavy atom. The first-order valence-electron chi connectivity index (χ1n) is 9.44. The molecule has 146 valence electrons. The lowest BCUT2D eigenvalue weighted by molar-refractivity contribution is -0.143. The smallest absolute Gasteiger partial charge is 0.305 e. The lowest BCUT2D eigenvalue weighted by Crippen LogP contribution is -2.58. The maximum atomic E-state index is 11.2. The largest absolute Gasteiger partial charge is 0.481 e. The number of halogens is 2. The molecule has 3 aliphatic rings. The summed E-state index contributed by atoms with van der Waals surface area (Å²) in [6.07, 6.45) is 7.20. The highest BCUT2D eigenvalue weighted by Gasteiger charge is 2.46. The van der Waals surface area contributed by atoms with Gasteiger partial charge in [-0.25, -0.2) is 0 Å². The minimum absolute atomic E-state index is 0. The van der Waals surface area contributed by atoms with E-state index in [1.165, 1.54) is 18.4 Å². The summed E-state index contributed by atoms with van der Waals surface area (Å²) in [4.78, 5) is 13.7. The zero-order valence-corrected chi connectivity index (χ0v) is 16.7. The second kappa shape index (κ2) is 8.92. The van der Waals surface area contributed by atoms with Crippen molar-refractivity contribution in [2.24, 2.45) is 0 Å². The summed E-state index contributed by atoms with van der Waals surface area (Å²) < 4.78 is 0. The van der Waals surface area contributed by atoms with Crippen LogP contribution in [0.5, 0.6) is 0 Å². The maximum Gasteiger partial charge on any atom is 0.305 e. The first kappa shape index (κ1) is 21.5. The summed E-state index contributed by atoms with van der Waals surface area (Å²) in [6.45, 7) is 2.10. The van der Waals surface area contributed by atoms with Crippen LogP contribution < -0.4 is 5.32 Å². The fraction of sp³-hybridized carbons (Fsp3) is 0.650. The monoisotopic (exact) mass is 400 g/mol. The van der Waals surface area contributed by atoms with Crippen LogP contribution in [0.1, 0.15) is 56.4 Å². The quantitative estimate of drug-likeness (QED) is 0.761. The maximum absolute atomic E-state index is 11.2. The number of nitrogens with one attached hydrogen (secondary N) is 1. The van der Waals surface area contributed by atoms with Gasteiger partial charge in [-0.15, -0.1) is 24.8 Å². The zero-order chi connectivity index (χ0) is 16.6. The Balaban J connectivity index is 0.00000121. The predicted molar refractivity (Wildman–Crippen MR) is 109 cm³/mol. The molecule has 26 heavy (non-hydrogen) atoms. The molecule has 2 atom stereocenters. The van der Waals surface area contributed by atoms with Crippen LogP contribution in [0.3, 0.4) is 0 Å². The Kier molecular flexibility index (Phi) is 7.37. The van der Waals surface area contributed by atoms with Gasteiger partial charge in [0, 0.05) is 36.6 Å². The Morgan fingerprint density at radius 2 is 1.81 bits per heavy atom. The molecule has 0 bridgehead atoms. The summed E-state index contributed by atoms with van der Waals surface area (Å²) in [5.74, 6) is 0.0489. The molecule has 0 spiro atoms. The molecule has 2 saturated carbocycles. The Bertz CT molecular complexity index is 587. The van der Waals surface area contributed by atoms with E-state index in [1.54, 1.807) is 0 Å². The number of benzene rings is 1. The summed E-state index contributed by atoms with van der Waals surface area (Å²) in [5.41, 5.74) is 1.44. The molecular formula is C20H30Cl2N2O2. The average Bonchev–Trinajstić information content (AvgIpc) is 3.32. The molecule has 2 N–H and O–H groups in total. The molecule has 1 aromatic carbocycles. The average molecular weight is 401 g/mol. The third-order valence-corrected chi connectivity index (χ3v) is 6.40. The summed E-state index contributed by atoms with van der Waals surface area (Å²) in [6, 6.07) is 12.1. The molecule has 1 aliphatic heterocycles. The van der Waals surface area contributed by atoms with Crippen LogP contribution in [0.4, 0.5) is 0 Å². The number of rotatable bonds is 6. The zero-order valence-electron chi connectivity index (χ0n) is 15.1. The van der Waals surface area contributed by atoms with Crippen LogP contribution in [0.2, 0.25) is 0 Å². The van der Waals surface area contributed by atoms with Crippen LogP contribution in [-0.2, 0) is 4.79 Å². The molecule has 1 aromatic rings. The van der Waals surface area contributed by atoms with E-state index in [0.717, 1.165) is 38.8 Å². The van der Waals surface area contributed by atoms with Crippen molar-refractivity contribution in [2.45, 2.75) is 68.5 Å². The molecule has 0 unspecified atom stereocenters. The van der Waals surface area contributed by atoms with E-state index in [4.69, 9.17) is 0 Å². The number of piperidine rings is 1. The SMILES string of the molecule is Cl.Cl.O=C(O)CC1(N2CCC(N[C@@H]3C[C@H]3c3ccccc3)CC2)CCC1. The molecule has 4 rings (SSSR count). The van der Waals surface area contributed by atoms with Crippen LogP contribution in [0.15, 0.2) is 30.3 Å². The molecule has 1 saturated heterocycles. The van der Waals surface area contributed by atoms with Crippen molar-refractivity contribution < 1.29 is 9.90 Å². The highest BCUT2D eigenvalue weighted by molar-refractivity contribution is 5.85. The minimum atomic E-state index is -0.640. The second-order valence-corrected chi connectivity index (χ2v) is 7.94. The molecule has 4 nitrogen and oxygen atoms in total. The van der Waals surface area contributed by atoms with Gasteiger partial charge in [-0.2, -0.15) is 0 Å². The van der Waals surface area contributed by atoms with E-state index in [2.05, 4.69) is 40.5 Å². The van der Waals surface area contributed by atoms with Crippen molar-refractivity contribution in [3.63, 3.8) is 0 Å². The van der Waals surface area contributed by atoms with E-state index < -0.39 is 5.97 Å². The van der Waals surface area contributed by atoms with E-state index >= 15 is 0 Å². The van der Waals surface area contributed by atoms with Crippen LogP contribution in [0, 0.1) is 0 Å². The number of hydrogen-bond acceptors (Lipinski definition) is 3. The Hall–Kier alpha value is -0.810.